The van der Waals surface area contributed by atoms with Crippen molar-refractivity contribution < 1.29 is 18.6 Å². The van der Waals surface area contributed by atoms with Crippen LogP contribution in [0, 0.1) is 11.7 Å². The Balaban J connectivity index is 1.76. The van der Waals surface area contributed by atoms with Crippen LogP contribution >= 0.6 is 0 Å². The van der Waals surface area contributed by atoms with E-state index in [1.807, 2.05) is 26.0 Å². The van der Waals surface area contributed by atoms with Gasteiger partial charge in [-0.2, -0.15) is 0 Å². The fourth-order valence-electron chi connectivity index (χ4n) is 4.18. The molecule has 0 N–H and O–H groups in total. The van der Waals surface area contributed by atoms with Gasteiger partial charge in [-0.05, 0) is 49.6 Å². The lowest BCUT2D eigenvalue weighted by Crippen LogP contribution is -2.36. The summed E-state index contributed by atoms with van der Waals surface area (Å²) in [5, 5.41) is 0. The first-order valence-corrected chi connectivity index (χ1v) is 7.85. The minimum absolute atomic E-state index is 0.0134. The molecule has 1 unspecified atom stereocenters. The molecule has 2 bridgehead atoms. The summed E-state index contributed by atoms with van der Waals surface area (Å²) in [6, 6.07) is 6.71. The fraction of sp³-hybridized carbons (Fsp3) is 0.556. The van der Waals surface area contributed by atoms with Gasteiger partial charge >= 0.3 is 0 Å². The SMILES string of the molecule is CC1=C(c2ccc(F)cc2)C(C)[C@@H]2O[C@H]1[C@H]1OC(C)(C)O[C@H]12. The van der Waals surface area contributed by atoms with Crippen molar-refractivity contribution >= 4 is 5.57 Å². The Morgan fingerprint density at radius 2 is 1.64 bits per heavy atom. The van der Waals surface area contributed by atoms with Crippen molar-refractivity contribution in [1.82, 2.24) is 0 Å². The van der Waals surface area contributed by atoms with Gasteiger partial charge < -0.3 is 14.2 Å². The maximum Gasteiger partial charge on any atom is 0.164 e. The molecule has 3 nitrogen and oxygen atoms in total. The van der Waals surface area contributed by atoms with E-state index in [2.05, 4.69) is 13.8 Å². The Labute approximate surface area is 130 Å². The van der Waals surface area contributed by atoms with E-state index in [1.165, 1.54) is 23.3 Å². The molecule has 0 aliphatic carbocycles. The number of halogens is 1. The summed E-state index contributed by atoms with van der Waals surface area (Å²) in [7, 11) is 0. The molecule has 0 spiro atoms. The quantitative estimate of drug-likeness (QED) is 0.794. The van der Waals surface area contributed by atoms with E-state index in [4.69, 9.17) is 14.2 Å². The second-order valence-corrected chi connectivity index (χ2v) is 6.98. The summed E-state index contributed by atoms with van der Waals surface area (Å²) in [6.45, 7) is 8.14. The smallest absolute Gasteiger partial charge is 0.164 e. The predicted octanol–water partition coefficient (Wildman–Crippen LogP) is 3.54. The fourth-order valence-corrected chi connectivity index (χ4v) is 4.18. The maximum absolute atomic E-state index is 13.2. The molecule has 118 valence electrons. The van der Waals surface area contributed by atoms with E-state index in [1.54, 1.807) is 0 Å². The Morgan fingerprint density at radius 1 is 1.00 bits per heavy atom. The van der Waals surface area contributed by atoms with Crippen molar-refractivity contribution in [3.8, 4) is 0 Å². The summed E-state index contributed by atoms with van der Waals surface area (Å²) in [5.41, 5.74) is 3.47. The van der Waals surface area contributed by atoms with Gasteiger partial charge in [0.2, 0.25) is 0 Å². The highest BCUT2D eigenvalue weighted by molar-refractivity contribution is 5.73. The molecule has 5 atom stereocenters. The lowest BCUT2D eigenvalue weighted by molar-refractivity contribution is -0.187. The van der Waals surface area contributed by atoms with Crippen LogP contribution in [0.2, 0.25) is 0 Å². The molecule has 22 heavy (non-hydrogen) atoms. The van der Waals surface area contributed by atoms with Gasteiger partial charge in [0.05, 0.1) is 6.10 Å². The van der Waals surface area contributed by atoms with E-state index in [9.17, 15) is 4.39 Å². The highest BCUT2D eigenvalue weighted by atomic mass is 19.1. The van der Waals surface area contributed by atoms with Crippen LogP contribution in [0.5, 0.6) is 0 Å². The molecule has 3 aliphatic rings. The largest absolute Gasteiger partial charge is 0.364 e. The summed E-state index contributed by atoms with van der Waals surface area (Å²) in [5.74, 6) is -0.576. The first kappa shape index (κ1) is 14.4. The summed E-state index contributed by atoms with van der Waals surface area (Å²) in [6.07, 6.45) is -0.183. The highest BCUT2D eigenvalue weighted by Crippen LogP contribution is 2.50. The third-order valence-corrected chi connectivity index (χ3v) is 5.04. The normalized spacial score (nSPS) is 39.2. The number of rotatable bonds is 1. The molecule has 2 saturated heterocycles. The standard InChI is InChI=1S/C18H21FO3/c1-9-13(11-5-7-12(19)8-6-11)10(2)15-17-16(14(9)20-15)21-18(3,4)22-17/h5-9,14-17H,1-4H3/t9?,14-,15+,16-,17+/m0/s1. The zero-order valence-corrected chi connectivity index (χ0v) is 13.3. The molecule has 2 fully saturated rings. The van der Waals surface area contributed by atoms with E-state index in [0.717, 1.165) is 5.56 Å². The number of ether oxygens (including phenoxy) is 3. The van der Waals surface area contributed by atoms with E-state index >= 15 is 0 Å². The van der Waals surface area contributed by atoms with E-state index in [-0.39, 0.29) is 36.2 Å². The van der Waals surface area contributed by atoms with Gasteiger partial charge in [0.25, 0.3) is 0 Å². The second-order valence-electron chi connectivity index (χ2n) is 6.98. The van der Waals surface area contributed by atoms with Crippen molar-refractivity contribution in [2.45, 2.75) is 57.9 Å². The Bertz CT molecular complexity index is 634. The lowest BCUT2D eigenvalue weighted by atomic mass is 9.85. The topological polar surface area (TPSA) is 27.7 Å². The molecular weight excluding hydrogens is 283 g/mol. The molecule has 1 aromatic rings. The van der Waals surface area contributed by atoms with Crippen molar-refractivity contribution in [3.63, 3.8) is 0 Å². The number of hydrogen-bond donors (Lipinski definition) is 0. The van der Waals surface area contributed by atoms with E-state index < -0.39 is 5.79 Å². The summed E-state index contributed by atoms with van der Waals surface area (Å²) < 4.78 is 31.5. The van der Waals surface area contributed by atoms with Crippen molar-refractivity contribution in [2.24, 2.45) is 5.92 Å². The molecule has 1 aromatic carbocycles. The van der Waals surface area contributed by atoms with Gasteiger partial charge in [-0.3, -0.25) is 0 Å². The molecule has 0 saturated carbocycles. The zero-order chi connectivity index (χ0) is 15.6. The third-order valence-electron chi connectivity index (χ3n) is 5.04. The van der Waals surface area contributed by atoms with Gasteiger partial charge in [-0.25, -0.2) is 4.39 Å². The van der Waals surface area contributed by atoms with Gasteiger partial charge in [0.15, 0.2) is 5.79 Å². The minimum Gasteiger partial charge on any atom is -0.364 e. The summed E-state index contributed by atoms with van der Waals surface area (Å²) in [4.78, 5) is 0. The molecule has 4 heteroatoms. The zero-order valence-electron chi connectivity index (χ0n) is 13.3. The van der Waals surface area contributed by atoms with Crippen molar-refractivity contribution in [3.05, 3.63) is 41.2 Å². The van der Waals surface area contributed by atoms with E-state index in [0.29, 0.717) is 0 Å². The van der Waals surface area contributed by atoms with Crippen molar-refractivity contribution in [1.29, 1.82) is 0 Å². The average Bonchev–Trinajstić information content (AvgIpc) is 2.91. The Hall–Kier alpha value is -1.23. The molecule has 3 aliphatic heterocycles. The third kappa shape index (κ3) is 1.98. The van der Waals surface area contributed by atoms with Crippen LogP contribution < -0.4 is 0 Å². The first-order valence-electron chi connectivity index (χ1n) is 7.85. The molecule has 3 heterocycles. The van der Waals surface area contributed by atoms with Crippen LogP contribution in [-0.4, -0.2) is 30.2 Å². The van der Waals surface area contributed by atoms with Crippen LogP contribution in [0.25, 0.3) is 5.57 Å². The van der Waals surface area contributed by atoms with Gasteiger partial charge in [0, 0.05) is 5.92 Å². The Morgan fingerprint density at radius 3 is 2.32 bits per heavy atom. The maximum atomic E-state index is 13.2. The van der Waals surface area contributed by atoms with Crippen LogP contribution in [0.4, 0.5) is 4.39 Å². The van der Waals surface area contributed by atoms with Crippen LogP contribution in [-0.2, 0) is 14.2 Å². The monoisotopic (exact) mass is 304 g/mol. The minimum atomic E-state index is -0.553. The first-order chi connectivity index (χ1) is 10.4. The van der Waals surface area contributed by atoms with Crippen LogP contribution in [0.15, 0.2) is 29.8 Å². The second kappa shape index (κ2) is 4.63. The number of fused-ring (bicyclic) bond motifs is 5. The molecule has 0 aromatic heterocycles. The van der Waals surface area contributed by atoms with Crippen molar-refractivity contribution in [2.75, 3.05) is 0 Å². The predicted molar refractivity (Wildman–Crippen MR) is 80.6 cm³/mol. The molecular formula is C18H21FO3. The van der Waals surface area contributed by atoms with Gasteiger partial charge in [0.1, 0.15) is 24.1 Å². The van der Waals surface area contributed by atoms with Gasteiger partial charge in [-0.1, -0.05) is 19.1 Å². The molecule has 0 radical (unpaired) electrons. The average molecular weight is 304 g/mol. The lowest BCUT2D eigenvalue weighted by Gasteiger charge is -2.34. The molecule has 0 amide bonds. The highest BCUT2D eigenvalue weighted by Gasteiger charge is 2.59. The number of hydrogen-bond acceptors (Lipinski definition) is 3. The van der Waals surface area contributed by atoms with Crippen LogP contribution in [0.3, 0.4) is 0 Å². The van der Waals surface area contributed by atoms with Gasteiger partial charge in [-0.15, -0.1) is 0 Å². The Kier molecular flexibility index (Phi) is 3.03. The number of benzene rings is 1. The molecule has 4 rings (SSSR count). The summed E-state index contributed by atoms with van der Waals surface area (Å²) >= 11 is 0. The van der Waals surface area contributed by atoms with Crippen LogP contribution in [0.1, 0.15) is 33.3 Å².